The normalized spacial score (nSPS) is 22.5. The van der Waals surface area contributed by atoms with E-state index in [0.29, 0.717) is 53.2 Å². The molecular weight excluding hydrogens is 859 g/mol. The predicted molar refractivity (Wildman–Crippen MR) is 244 cm³/mol. The number of β-amino-alcohol motifs (C(OH)–C–C–N with tert-alkyl or cyclic N) is 1. The number of rotatable bonds is 16. The highest BCUT2D eigenvalue weighted by atomic mass is 35.5. The fourth-order valence-corrected chi connectivity index (χ4v) is 9.76. The van der Waals surface area contributed by atoms with Crippen LogP contribution in [0.3, 0.4) is 0 Å². The number of piperazine rings is 1. The van der Waals surface area contributed by atoms with E-state index < -0.39 is 46.9 Å². The van der Waals surface area contributed by atoms with E-state index in [4.69, 9.17) is 32.7 Å². The number of ether oxygens (including phenoxy) is 2. The van der Waals surface area contributed by atoms with Gasteiger partial charge in [0, 0.05) is 86.4 Å². The molecule has 344 valence electrons. The zero-order valence-corrected chi connectivity index (χ0v) is 39.1. The average Bonchev–Trinajstić information content (AvgIpc) is 3.66. The third-order valence-electron chi connectivity index (χ3n) is 12.7. The molecule has 3 heterocycles. The van der Waals surface area contributed by atoms with Gasteiger partial charge >= 0.3 is 0 Å². The van der Waals surface area contributed by atoms with E-state index in [9.17, 15) is 29.5 Å². The van der Waals surface area contributed by atoms with Crippen LogP contribution in [0.1, 0.15) is 76.4 Å². The first kappa shape index (κ1) is 48.5. The number of carbonyl (C=O) groups excluding carboxylic acids is 4. The second-order valence-corrected chi connectivity index (χ2v) is 19.4. The molecule has 4 N–H and O–H groups in total. The van der Waals surface area contributed by atoms with Gasteiger partial charge in [0.15, 0.2) is 0 Å². The van der Waals surface area contributed by atoms with Crippen LogP contribution < -0.4 is 25.6 Å². The Morgan fingerprint density at radius 1 is 0.969 bits per heavy atom. The van der Waals surface area contributed by atoms with Crippen LogP contribution in [0.4, 0.5) is 5.82 Å². The Hall–Kier alpha value is -4.98. The van der Waals surface area contributed by atoms with Gasteiger partial charge in [-0.15, -0.1) is 0 Å². The summed E-state index contributed by atoms with van der Waals surface area (Å²) >= 11 is 12.2. The zero-order chi connectivity index (χ0) is 46.5. The molecule has 1 saturated carbocycles. The second-order valence-electron chi connectivity index (χ2n) is 18.5. The summed E-state index contributed by atoms with van der Waals surface area (Å²) < 4.78 is 12.5. The van der Waals surface area contributed by atoms with Gasteiger partial charge in [0.1, 0.15) is 41.9 Å². The largest absolute Gasteiger partial charge is 0.489 e. The molecule has 15 nitrogen and oxygen atoms in total. The van der Waals surface area contributed by atoms with Crippen LogP contribution in [0, 0.1) is 28.1 Å². The maximum Gasteiger partial charge on any atom is 0.253 e. The van der Waals surface area contributed by atoms with Crippen molar-refractivity contribution in [3.05, 3.63) is 87.5 Å². The molecule has 64 heavy (non-hydrogen) atoms. The lowest BCUT2D eigenvalue weighted by Crippen LogP contribution is -2.74. The number of carbonyl (C=O) groups is 4. The van der Waals surface area contributed by atoms with Gasteiger partial charge in [0.25, 0.3) is 5.91 Å². The van der Waals surface area contributed by atoms with Crippen molar-refractivity contribution in [1.82, 2.24) is 30.7 Å². The number of aromatic nitrogens is 1. The zero-order valence-electron chi connectivity index (χ0n) is 37.6. The lowest BCUT2D eigenvalue weighted by Gasteiger charge is -2.63. The fourth-order valence-electron chi connectivity index (χ4n) is 9.42. The van der Waals surface area contributed by atoms with Crippen LogP contribution in [0.2, 0.25) is 10.0 Å². The molecule has 6 rings (SSSR count). The highest BCUT2D eigenvalue weighted by Gasteiger charge is 2.64. The van der Waals surface area contributed by atoms with Gasteiger partial charge in [-0.2, -0.15) is 5.26 Å². The molecule has 2 aromatic carbocycles. The molecule has 1 aliphatic carbocycles. The SMILES string of the molecule is CC(NC(=O)C(OCCN1CCN(c2ccc(C(=O)NC3C(C)(C)C(Oc4ccc(C#N)c(Cl)c4)C3(C)C)cn2)CC1)C(C)C)C(=O)N1C[C@H](O)C[C@H]1C(=O)NCc1ccc(Cl)cc1. The van der Waals surface area contributed by atoms with Gasteiger partial charge in [-0.25, -0.2) is 4.98 Å². The van der Waals surface area contributed by atoms with Crippen molar-refractivity contribution in [3.8, 4) is 11.8 Å². The number of nitrogens with zero attached hydrogens (tertiary/aromatic N) is 5. The molecule has 3 aromatic rings. The Morgan fingerprint density at radius 3 is 2.27 bits per heavy atom. The number of likely N-dealkylation sites (tertiary alicyclic amines) is 1. The Bertz CT molecular complexity index is 2180. The smallest absolute Gasteiger partial charge is 0.253 e. The number of nitrogens with one attached hydrogen (secondary N) is 3. The number of anilines is 1. The van der Waals surface area contributed by atoms with Crippen molar-refractivity contribution in [3.63, 3.8) is 0 Å². The molecule has 0 spiro atoms. The molecule has 3 fully saturated rings. The molecule has 2 unspecified atom stereocenters. The Morgan fingerprint density at radius 2 is 1.66 bits per heavy atom. The Balaban J connectivity index is 0.926. The number of hydrogen-bond donors (Lipinski definition) is 4. The summed E-state index contributed by atoms with van der Waals surface area (Å²) in [4.78, 5) is 64.0. The Labute approximate surface area is 385 Å². The predicted octanol–water partition coefficient (Wildman–Crippen LogP) is 4.82. The number of pyridine rings is 1. The van der Waals surface area contributed by atoms with Crippen molar-refractivity contribution in [2.45, 2.75) is 97.9 Å². The summed E-state index contributed by atoms with van der Waals surface area (Å²) in [5.74, 6) is -0.299. The average molecular weight is 920 g/mol. The maximum absolute atomic E-state index is 13.5. The summed E-state index contributed by atoms with van der Waals surface area (Å²) in [6.07, 6.45) is -0.173. The van der Waals surface area contributed by atoms with Crippen molar-refractivity contribution < 1.29 is 33.8 Å². The minimum absolute atomic E-state index is 0.0100. The van der Waals surface area contributed by atoms with Gasteiger partial charge in [0.2, 0.25) is 17.7 Å². The minimum Gasteiger partial charge on any atom is -0.489 e. The van der Waals surface area contributed by atoms with E-state index in [1.807, 2.05) is 19.9 Å². The topological polar surface area (TPSA) is 189 Å². The lowest BCUT2D eigenvalue weighted by molar-refractivity contribution is -0.164. The van der Waals surface area contributed by atoms with E-state index in [1.54, 1.807) is 61.7 Å². The van der Waals surface area contributed by atoms with Crippen molar-refractivity contribution in [2.75, 3.05) is 50.8 Å². The molecule has 0 radical (unpaired) electrons. The van der Waals surface area contributed by atoms with Crippen molar-refractivity contribution >= 4 is 52.6 Å². The first-order valence-electron chi connectivity index (χ1n) is 21.8. The number of aliphatic hydroxyl groups is 1. The lowest BCUT2D eigenvalue weighted by atomic mass is 9.49. The third kappa shape index (κ3) is 11.1. The van der Waals surface area contributed by atoms with Crippen LogP contribution in [-0.4, -0.2) is 126 Å². The molecule has 1 aromatic heterocycles. The van der Waals surface area contributed by atoms with Crippen molar-refractivity contribution in [2.24, 2.45) is 16.7 Å². The molecule has 2 saturated heterocycles. The van der Waals surface area contributed by atoms with Crippen LogP contribution in [0.15, 0.2) is 60.8 Å². The van der Waals surface area contributed by atoms with Gasteiger partial charge < -0.3 is 40.3 Å². The van der Waals surface area contributed by atoms with E-state index in [-0.39, 0.29) is 49.4 Å². The highest BCUT2D eigenvalue weighted by Crippen LogP contribution is 2.55. The quantitative estimate of drug-likeness (QED) is 0.154. The van der Waals surface area contributed by atoms with Gasteiger partial charge in [-0.05, 0) is 54.8 Å². The van der Waals surface area contributed by atoms with Gasteiger partial charge in [0.05, 0.1) is 28.9 Å². The highest BCUT2D eigenvalue weighted by molar-refractivity contribution is 6.31. The molecule has 0 bridgehead atoms. The number of nitriles is 1. The summed E-state index contributed by atoms with van der Waals surface area (Å²) in [6, 6.07) is 15.8. The third-order valence-corrected chi connectivity index (χ3v) is 13.2. The van der Waals surface area contributed by atoms with Gasteiger partial charge in [-0.1, -0.05) is 76.9 Å². The summed E-state index contributed by atoms with van der Waals surface area (Å²) in [5, 5.41) is 29.4. The number of aliphatic hydroxyl groups excluding tert-OH is 1. The molecule has 17 heteroatoms. The van der Waals surface area contributed by atoms with E-state index in [0.717, 1.165) is 24.5 Å². The molecule has 4 amide bonds. The monoisotopic (exact) mass is 918 g/mol. The number of benzene rings is 2. The van der Waals surface area contributed by atoms with Crippen molar-refractivity contribution in [1.29, 1.82) is 5.26 Å². The molecule has 3 aliphatic rings. The molecule has 4 atom stereocenters. The number of halogens is 2. The summed E-state index contributed by atoms with van der Waals surface area (Å²) in [5.41, 5.74) is 0.889. The number of hydrogen-bond acceptors (Lipinski definition) is 11. The minimum atomic E-state index is -0.947. The molecule has 2 aliphatic heterocycles. The van der Waals surface area contributed by atoms with E-state index in [2.05, 4.69) is 64.5 Å². The maximum atomic E-state index is 13.5. The fraction of sp³-hybridized carbons (Fsp3) is 0.532. The molecular formula is C47H60Cl2N8O7. The van der Waals surface area contributed by atoms with Crippen LogP contribution in [0.5, 0.6) is 5.75 Å². The van der Waals surface area contributed by atoms with E-state index in [1.165, 1.54) is 4.90 Å². The summed E-state index contributed by atoms with van der Waals surface area (Å²) in [7, 11) is 0. The van der Waals surface area contributed by atoms with Crippen LogP contribution in [-0.2, 0) is 25.7 Å². The number of amides is 4. The van der Waals surface area contributed by atoms with Crippen LogP contribution in [0.25, 0.3) is 0 Å². The standard InChI is InChI=1S/C47H60Cl2N8O7/c1-28(2)39(42(61)53-29(3)43(62)57-27-34(58)22-37(57)41(60)52-25-30-8-12-33(48)13-9-30)63-21-20-55-16-18-56(19-17-55)38-15-11-32(26-51-38)40(59)54-44-46(4,5)45(47(44,6)7)64-35-14-10-31(24-50)36(49)23-35/h8-15,23,26,28-29,34,37,39,44-45,58H,16-22,25,27H2,1-7H3,(H,52,60)(H,53,61)(H,54,59)/t29?,34-,37+,39?,44?,45?/m1/s1. The van der Waals surface area contributed by atoms with Gasteiger partial charge in [-0.3, -0.25) is 24.1 Å². The Kier molecular flexibility index (Phi) is 15.5. The first-order chi connectivity index (χ1) is 30.3. The van der Waals surface area contributed by atoms with E-state index >= 15 is 0 Å². The summed E-state index contributed by atoms with van der Waals surface area (Å²) in [6.45, 7) is 17.6. The van der Waals surface area contributed by atoms with Crippen LogP contribution >= 0.6 is 23.2 Å². The first-order valence-corrected chi connectivity index (χ1v) is 22.6. The second kappa shape index (κ2) is 20.5.